The van der Waals surface area contributed by atoms with Crippen LogP contribution in [-0.4, -0.2) is 12.5 Å². The lowest BCUT2D eigenvalue weighted by Gasteiger charge is -2.17. The van der Waals surface area contributed by atoms with Gasteiger partial charge in [-0.1, -0.05) is 19.1 Å². The van der Waals surface area contributed by atoms with Crippen LogP contribution in [-0.2, 0) is 0 Å². The van der Waals surface area contributed by atoms with Crippen molar-refractivity contribution in [2.45, 2.75) is 33.2 Å². The summed E-state index contributed by atoms with van der Waals surface area (Å²) >= 11 is 1.68. The van der Waals surface area contributed by atoms with Gasteiger partial charge < -0.3 is 10.6 Å². The highest BCUT2D eigenvalue weighted by Gasteiger charge is 2.17. The Morgan fingerprint density at radius 3 is 2.71 bits per heavy atom. The average Bonchev–Trinajstić information content (AvgIpc) is 2.99. The summed E-state index contributed by atoms with van der Waals surface area (Å²) in [5.41, 5.74) is 2.75. The van der Waals surface area contributed by atoms with Crippen LogP contribution in [0.25, 0.3) is 0 Å². The molecule has 3 nitrogen and oxygen atoms in total. The first-order valence-corrected chi connectivity index (χ1v) is 8.22. The van der Waals surface area contributed by atoms with Crippen LogP contribution in [0.5, 0.6) is 0 Å². The summed E-state index contributed by atoms with van der Waals surface area (Å²) in [4.78, 5) is 13.8. The summed E-state index contributed by atoms with van der Waals surface area (Å²) in [5, 5.41) is 8.44. The van der Waals surface area contributed by atoms with Crippen LogP contribution in [0.4, 0.5) is 5.69 Å². The van der Waals surface area contributed by atoms with E-state index in [9.17, 15) is 4.79 Å². The van der Waals surface area contributed by atoms with Crippen LogP contribution in [0.3, 0.4) is 0 Å². The molecule has 0 radical (unpaired) electrons. The van der Waals surface area contributed by atoms with Crippen molar-refractivity contribution in [2.24, 2.45) is 0 Å². The highest BCUT2D eigenvalue weighted by molar-refractivity contribution is 7.10. The summed E-state index contributed by atoms with van der Waals surface area (Å²) in [6.07, 6.45) is 0.884. The third kappa shape index (κ3) is 3.85. The van der Waals surface area contributed by atoms with Crippen LogP contribution >= 0.6 is 11.3 Å². The maximum absolute atomic E-state index is 12.6. The summed E-state index contributed by atoms with van der Waals surface area (Å²) in [6, 6.07) is 10.0. The molecule has 4 heteroatoms. The number of thiophene rings is 1. The van der Waals surface area contributed by atoms with E-state index in [0.717, 1.165) is 24.2 Å². The molecule has 2 rings (SSSR count). The molecule has 2 aromatic rings. The molecule has 0 saturated heterocycles. The predicted octanol–water partition coefficient (Wildman–Crippen LogP) is 4.37. The number of hydrogen-bond donors (Lipinski definition) is 2. The number of anilines is 1. The fourth-order valence-corrected chi connectivity index (χ4v) is 3.15. The Labute approximate surface area is 130 Å². The molecule has 1 heterocycles. The van der Waals surface area contributed by atoms with E-state index in [0.29, 0.717) is 5.56 Å². The van der Waals surface area contributed by atoms with E-state index in [1.165, 1.54) is 4.88 Å². The number of hydrogen-bond acceptors (Lipinski definition) is 3. The minimum absolute atomic E-state index is 0.0220. The van der Waals surface area contributed by atoms with E-state index in [2.05, 4.69) is 23.6 Å². The molecule has 21 heavy (non-hydrogen) atoms. The molecule has 1 unspecified atom stereocenters. The van der Waals surface area contributed by atoms with Crippen molar-refractivity contribution in [3.63, 3.8) is 0 Å². The molecular weight excluding hydrogens is 280 g/mol. The molecule has 1 aromatic carbocycles. The summed E-state index contributed by atoms with van der Waals surface area (Å²) in [6.45, 7) is 6.95. The first kappa shape index (κ1) is 15.6. The van der Waals surface area contributed by atoms with Gasteiger partial charge in [-0.25, -0.2) is 0 Å². The number of aryl methyl sites for hydroxylation is 1. The maximum Gasteiger partial charge on any atom is 0.253 e. The number of amides is 1. The normalized spacial score (nSPS) is 12.0. The predicted molar refractivity (Wildman–Crippen MR) is 90.2 cm³/mol. The summed E-state index contributed by atoms with van der Waals surface area (Å²) < 4.78 is 0. The van der Waals surface area contributed by atoms with Crippen LogP contribution in [0.1, 0.15) is 47.1 Å². The molecular formula is C17H22N2OS. The second-order valence-corrected chi connectivity index (χ2v) is 6.01. The van der Waals surface area contributed by atoms with Crippen molar-refractivity contribution in [2.75, 3.05) is 11.9 Å². The van der Waals surface area contributed by atoms with Crippen molar-refractivity contribution < 1.29 is 4.79 Å². The Hall–Kier alpha value is -1.81. The van der Waals surface area contributed by atoms with Gasteiger partial charge in [-0.15, -0.1) is 11.3 Å². The maximum atomic E-state index is 12.6. The fraction of sp³-hybridized carbons (Fsp3) is 0.353. The van der Waals surface area contributed by atoms with E-state index < -0.39 is 0 Å². The summed E-state index contributed by atoms with van der Waals surface area (Å²) in [5.74, 6) is -0.0220. The van der Waals surface area contributed by atoms with Gasteiger partial charge in [-0.3, -0.25) is 4.79 Å². The zero-order valence-corrected chi connectivity index (χ0v) is 13.6. The monoisotopic (exact) mass is 302 g/mol. The standard InChI is InChI=1S/C17H22N2OS/c1-4-14(16-7-6-10-21-16)19-17(20)13-9-8-12(3)11-15(13)18-5-2/h6-11,14,18H,4-5H2,1-3H3,(H,19,20). The lowest BCUT2D eigenvalue weighted by Crippen LogP contribution is -2.28. The second-order valence-electron chi connectivity index (χ2n) is 5.03. The van der Waals surface area contributed by atoms with Crippen LogP contribution in [0.15, 0.2) is 35.7 Å². The van der Waals surface area contributed by atoms with Gasteiger partial charge in [0.1, 0.15) is 0 Å². The summed E-state index contributed by atoms with van der Waals surface area (Å²) in [7, 11) is 0. The lowest BCUT2D eigenvalue weighted by atomic mass is 10.1. The number of rotatable bonds is 6. The quantitative estimate of drug-likeness (QED) is 0.832. The number of nitrogens with one attached hydrogen (secondary N) is 2. The third-order valence-corrected chi connectivity index (χ3v) is 4.37. The van der Waals surface area contributed by atoms with Crippen molar-refractivity contribution in [3.05, 3.63) is 51.7 Å². The smallest absolute Gasteiger partial charge is 0.253 e. The molecule has 0 saturated carbocycles. The third-order valence-electron chi connectivity index (χ3n) is 3.39. The Bertz CT molecular complexity index is 593. The van der Waals surface area contributed by atoms with Gasteiger partial charge in [0.25, 0.3) is 5.91 Å². The Morgan fingerprint density at radius 2 is 2.10 bits per heavy atom. The van der Waals surface area contributed by atoms with Gasteiger partial charge in [0, 0.05) is 17.1 Å². The molecule has 0 spiro atoms. The van der Waals surface area contributed by atoms with E-state index in [1.807, 2.05) is 43.5 Å². The van der Waals surface area contributed by atoms with Gasteiger partial charge in [0.05, 0.1) is 11.6 Å². The van der Waals surface area contributed by atoms with E-state index in [-0.39, 0.29) is 11.9 Å². The molecule has 2 N–H and O–H groups in total. The highest BCUT2D eigenvalue weighted by atomic mass is 32.1. The van der Waals surface area contributed by atoms with Crippen molar-refractivity contribution in [3.8, 4) is 0 Å². The lowest BCUT2D eigenvalue weighted by molar-refractivity contribution is 0.0937. The van der Waals surface area contributed by atoms with E-state index in [1.54, 1.807) is 11.3 Å². The van der Waals surface area contributed by atoms with Crippen molar-refractivity contribution >= 4 is 22.9 Å². The molecule has 0 fully saturated rings. The first-order chi connectivity index (χ1) is 10.2. The Morgan fingerprint density at radius 1 is 1.29 bits per heavy atom. The van der Waals surface area contributed by atoms with Crippen LogP contribution in [0, 0.1) is 6.92 Å². The topological polar surface area (TPSA) is 41.1 Å². The van der Waals surface area contributed by atoms with Gasteiger partial charge in [0.2, 0.25) is 0 Å². The minimum Gasteiger partial charge on any atom is -0.385 e. The van der Waals surface area contributed by atoms with E-state index >= 15 is 0 Å². The van der Waals surface area contributed by atoms with Gasteiger partial charge in [-0.05, 0) is 49.4 Å². The van der Waals surface area contributed by atoms with Gasteiger partial charge in [0.15, 0.2) is 0 Å². The molecule has 1 atom stereocenters. The molecule has 1 amide bonds. The average molecular weight is 302 g/mol. The van der Waals surface area contributed by atoms with Gasteiger partial charge >= 0.3 is 0 Å². The number of carbonyl (C=O) groups excluding carboxylic acids is 1. The molecule has 0 bridgehead atoms. The molecule has 0 aliphatic rings. The SMILES string of the molecule is CCNc1cc(C)ccc1C(=O)NC(CC)c1cccs1. The van der Waals surface area contributed by atoms with E-state index in [4.69, 9.17) is 0 Å². The zero-order chi connectivity index (χ0) is 15.2. The molecule has 112 valence electrons. The van der Waals surface area contributed by atoms with Crippen molar-refractivity contribution in [1.29, 1.82) is 0 Å². The Kier molecular flexibility index (Phi) is 5.39. The number of carbonyl (C=O) groups is 1. The Balaban J connectivity index is 2.19. The first-order valence-electron chi connectivity index (χ1n) is 7.34. The fourth-order valence-electron chi connectivity index (χ4n) is 2.29. The minimum atomic E-state index is -0.0220. The molecule has 0 aliphatic heterocycles. The van der Waals surface area contributed by atoms with Crippen molar-refractivity contribution in [1.82, 2.24) is 5.32 Å². The van der Waals surface area contributed by atoms with Crippen LogP contribution < -0.4 is 10.6 Å². The van der Waals surface area contributed by atoms with Crippen LogP contribution in [0.2, 0.25) is 0 Å². The molecule has 0 aliphatic carbocycles. The molecule has 1 aromatic heterocycles. The number of benzene rings is 1. The van der Waals surface area contributed by atoms with Gasteiger partial charge in [-0.2, -0.15) is 0 Å². The second kappa shape index (κ2) is 7.27. The highest BCUT2D eigenvalue weighted by Crippen LogP contribution is 2.24. The zero-order valence-electron chi connectivity index (χ0n) is 12.8. The largest absolute Gasteiger partial charge is 0.385 e.